The van der Waals surface area contributed by atoms with Crippen molar-refractivity contribution in [2.75, 3.05) is 7.11 Å². The van der Waals surface area contributed by atoms with E-state index in [-0.39, 0.29) is 12.5 Å². The van der Waals surface area contributed by atoms with Crippen molar-refractivity contribution in [3.63, 3.8) is 0 Å². The number of rotatable bonds is 5. The van der Waals surface area contributed by atoms with E-state index >= 15 is 0 Å². The molecule has 5 heteroatoms. The largest absolute Gasteiger partial charge is 0.437 e. The number of benzene rings is 1. The smallest absolute Gasteiger partial charge is 0.390 e. The van der Waals surface area contributed by atoms with Gasteiger partial charge in [-0.3, -0.25) is 0 Å². The second-order valence-corrected chi connectivity index (χ2v) is 3.69. The molecule has 0 aliphatic rings. The highest BCUT2D eigenvalue weighted by Gasteiger charge is 2.05. The lowest BCUT2D eigenvalue weighted by molar-refractivity contribution is 0.158. The fourth-order valence-electron chi connectivity index (χ4n) is 1.50. The van der Waals surface area contributed by atoms with Crippen molar-refractivity contribution >= 4 is 6.08 Å². The van der Waals surface area contributed by atoms with Crippen molar-refractivity contribution in [1.29, 1.82) is 0 Å². The van der Waals surface area contributed by atoms with Crippen LogP contribution in [-0.4, -0.2) is 16.9 Å². The van der Waals surface area contributed by atoms with Crippen LogP contribution in [0, 0.1) is 0 Å². The van der Waals surface area contributed by atoms with Gasteiger partial charge in [0.2, 0.25) is 5.89 Å². The number of aromatic nitrogens is 2. The minimum Gasteiger partial charge on any atom is -0.390 e. The Bertz CT molecular complexity index is 569. The second-order valence-electron chi connectivity index (χ2n) is 3.69. The summed E-state index contributed by atoms with van der Waals surface area (Å²) in [4.78, 5) is 11.4. The predicted octanol–water partition coefficient (Wildman–Crippen LogP) is 1.70. The molecule has 0 radical (unpaired) electrons. The van der Waals surface area contributed by atoms with Gasteiger partial charge in [0.25, 0.3) is 0 Å². The Kier molecular flexibility index (Phi) is 4.09. The van der Waals surface area contributed by atoms with Gasteiger partial charge < -0.3 is 9.15 Å². The van der Waals surface area contributed by atoms with Gasteiger partial charge in [-0.2, -0.15) is 4.68 Å². The average molecular weight is 246 g/mol. The molecule has 1 heterocycles. The van der Waals surface area contributed by atoms with Crippen molar-refractivity contribution in [3.05, 3.63) is 58.4 Å². The molecule has 0 fully saturated rings. The molecule has 0 N–H and O–H groups in total. The van der Waals surface area contributed by atoms with Crippen molar-refractivity contribution in [3.8, 4) is 0 Å². The molecule has 0 aliphatic carbocycles. The second kappa shape index (κ2) is 5.97. The molecule has 0 spiro atoms. The summed E-state index contributed by atoms with van der Waals surface area (Å²) in [5.41, 5.74) is 1.08. The van der Waals surface area contributed by atoms with Gasteiger partial charge in [0.05, 0.1) is 6.54 Å². The summed E-state index contributed by atoms with van der Waals surface area (Å²) < 4.78 is 11.0. The van der Waals surface area contributed by atoms with Crippen LogP contribution in [0.15, 0.2) is 45.6 Å². The fourth-order valence-corrected chi connectivity index (χ4v) is 1.50. The summed E-state index contributed by atoms with van der Waals surface area (Å²) in [6.07, 6.45) is 3.78. The molecule has 2 aromatic rings. The number of methoxy groups -OCH3 is 1. The first-order valence-electron chi connectivity index (χ1n) is 5.57. The van der Waals surface area contributed by atoms with Gasteiger partial charge in [0.15, 0.2) is 0 Å². The highest BCUT2D eigenvalue weighted by Crippen LogP contribution is 2.01. The summed E-state index contributed by atoms with van der Waals surface area (Å²) in [7, 11) is 1.52. The molecule has 2 rings (SSSR count). The fraction of sp³-hybridized carbons (Fsp3) is 0.231. The van der Waals surface area contributed by atoms with E-state index in [0.717, 1.165) is 5.56 Å². The first-order chi connectivity index (χ1) is 8.79. The van der Waals surface area contributed by atoms with Gasteiger partial charge >= 0.3 is 5.76 Å². The third-order valence-corrected chi connectivity index (χ3v) is 2.30. The molecule has 18 heavy (non-hydrogen) atoms. The number of allylic oxidation sites excluding steroid dienone is 1. The molecule has 1 aromatic heterocycles. The molecule has 0 bridgehead atoms. The van der Waals surface area contributed by atoms with E-state index < -0.39 is 5.76 Å². The maximum Gasteiger partial charge on any atom is 0.437 e. The maximum atomic E-state index is 11.4. The summed E-state index contributed by atoms with van der Waals surface area (Å²) in [5, 5.41) is 3.99. The summed E-state index contributed by atoms with van der Waals surface area (Å²) in [6, 6.07) is 9.84. The molecular weight excluding hydrogens is 232 g/mol. The standard InChI is InChI=1S/C13H14N2O3/c1-17-10-12-14-15(13(16)18-12)9-5-8-11-6-3-2-4-7-11/h2-8H,9-10H2,1H3. The Hall–Kier alpha value is -2.14. The van der Waals surface area contributed by atoms with Crippen LogP contribution in [0.3, 0.4) is 0 Å². The predicted molar refractivity (Wildman–Crippen MR) is 67.0 cm³/mol. The Morgan fingerprint density at radius 2 is 2.17 bits per heavy atom. The zero-order chi connectivity index (χ0) is 12.8. The lowest BCUT2D eigenvalue weighted by Gasteiger charge is -1.92. The van der Waals surface area contributed by atoms with Gasteiger partial charge in [0, 0.05) is 7.11 Å². The first kappa shape index (κ1) is 12.3. The van der Waals surface area contributed by atoms with Gasteiger partial charge in [-0.1, -0.05) is 42.5 Å². The van der Waals surface area contributed by atoms with Crippen molar-refractivity contribution in [1.82, 2.24) is 9.78 Å². The van der Waals surface area contributed by atoms with Crippen LogP contribution in [0.2, 0.25) is 0 Å². The zero-order valence-electron chi connectivity index (χ0n) is 10.1. The summed E-state index contributed by atoms with van der Waals surface area (Å²) in [5.74, 6) is -0.185. The van der Waals surface area contributed by atoms with Crippen molar-refractivity contribution in [2.45, 2.75) is 13.2 Å². The number of hydrogen-bond acceptors (Lipinski definition) is 4. The highest BCUT2D eigenvalue weighted by atomic mass is 16.5. The van der Waals surface area contributed by atoms with E-state index in [1.165, 1.54) is 11.8 Å². The molecule has 1 aromatic carbocycles. The van der Waals surface area contributed by atoms with Gasteiger partial charge in [-0.25, -0.2) is 4.79 Å². The molecule has 5 nitrogen and oxygen atoms in total. The topological polar surface area (TPSA) is 57.3 Å². The lowest BCUT2D eigenvalue weighted by Crippen LogP contribution is -2.14. The van der Waals surface area contributed by atoms with E-state index in [9.17, 15) is 4.79 Å². The highest BCUT2D eigenvalue weighted by molar-refractivity contribution is 5.48. The molecule has 0 amide bonds. The summed E-state index contributed by atoms with van der Waals surface area (Å²) >= 11 is 0. The van der Waals surface area contributed by atoms with Crippen LogP contribution in [0.1, 0.15) is 11.5 Å². The molecule has 0 saturated carbocycles. The van der Waals surface area contributed by atoms with E-state index in [1.54, 1.807) is 0 Å². The van der Waals surface area contributed by atoms with E-state index in [4.69, 9.17) is 9.15 Å². The van der Waals surface area contributed by atoms with Crippen LogP contribution >= 0.6 is 0 Å². The monoisotopic (exact) mass is 246 g/mol. The Morgan fingerprint density at radius 1 is 1.39 bits per heavy atom. The molecule has 0 unspecified atom stereocenters. The van der Waals surface area contributed by atoms with Crippen molar-refractivity contribution in [2.24, 2.45) is 0 Å². The van der Waals surface area contributed by atoms with Gasteiger partial charge in [-0.05, 0) is 5.56 Å². The lowest BCUT2D eigenvalue weighted by atomic mass is 10.2. The maximum absolute atomic E-state index is 11.4. The number of nitrogens with zero attached hydrogens (tertiary/aromatic N) is 2. The summed E-state index contributed by atoms with van der Waals surface area (Å²) in [6.45, 7) is 0.575. The van der Waals surface area contributed by atoms with E-state index in [2.05, 4.69) is 5.10 Å². The number of ether oxygens (including phenoxy) is 1. The Labute approximate surface area is 104 Å². The minimum absolute atomic E-state index is 0.199. The quantitative estimate of drug-likeness (QED) is 0.805. The van der Waals surface area contributed by atoms with Crippen LogP contribution in [0.5, 0.6) is 0 Å². The molecular formula is C13H14N2O3. The molecule has 94 valence electrons. The van der Waals surface area contributed by atoms with Gasteiger partial charge in [0.1, 0.15) is 6.61 Å². The molecule has 0 atom stereocenters. The Morgan fingerprint density at radius 3 is 2.89 bits per heavy atom. The van der Waals surface area contributed by atoms with Crippen LogP contribution in [0.25, 0.3) is 6.08 Å². The SMILES string of the molecule is COCc1nn(CC=Cc2ccccc2)c(=O)o1. The molecule has 0 saturated heterocycles. The van der Waals surface area contributed by atoms with E-state index in [1.807, 2.05) is 42.5 Å². The average Bonchev–Trinajstić information content (AvgIpc) is 2.72. The van der Waals surface area contributed by atoms with Crippen LogP contribution in [-0.2, 0) is 17.9 Å². The third-order valence-electron chi connectivity index (χ3n) is 2.30. The third kappa shape index (κ3) is 3.18. The minimum atomic E-state index is -0.472. The van der Waals surface area contributed by atoms with Gasteiger partial charge in [-0.15, -0.1) is 5.10 Å². The van der Waals surface area contributed by atoms with Crippen molar-refractivity contribution < 1.29 is 9.15 Å². The first-order valence-corrected chi connectivity index (χ1v) is 5.57. The van der Waals surface area contributed by atoms with Crippen LogP contribution in [0.4, 0.5) is 0 Å². The molecule has 0 aliphatic heterocycles. The Balaban J connectivity index is 2.02. The van der Waals surface area contributed by atoms with Crippen LogP contribution < -0.4 is 5.76 Å². The zero-order valence-corrected chi connectivity index (χ0v) is 10.1. The number of hydrogen-bond donors (Lipinski definition) is 0. The normalized spacial score (nSPS) is 11.2. The van der Waals surface area contributed by atoms with E-state index in [0.29, 0.717) is 6.54 Å².